The monoisotopic (exact) mass is 330 g/mol. The number of rotatable bonds is 5. The maximum atomic E-state index is 5.14. The summed E-state index contributed by atoms with van der Waals surface area (Å²) in [6.45, 7) is 1.96. The van der Waals surface area contributed by atoms with Crippen molar-refractivity contribution < 1.29 is 4.74 Å². The Bertz CT molecular complexity index is 887. The van der Waals surface area contributed by atoms with Crippen LogP contribution in [0.3, 0.4) is 0 Å². The third kappa shape index (κ3) is 4.35. The minimum Gasteiger partial charge on any atom is -0.497 e. The molecule has 0 amide bonds. The molecule has 25 heavy (non-hydrogen) atoms. The average Bonchev–Trinajstić information content (AvgIpc) is 2.67. The lowest BCUT2D eigenvalue weighted by Crippen LogP contribution is -1.79. The second-order valence-electron chi connectivity index (χ2n) is 5.35. The second-order valence-corrected chi connectivity index (χ2v) is 5.35. The van der Waals surface area contributed by atoms with Gasteiger partial charge in [-0.15, -0.1) is 0 Å². The van der Waals surface area contributed by atoms with Crippen molar-refractivity contribution in [1.29, 1.82) is 0 Å². The summed E-state index contributed by atoms with van der Waals surface area (Å²) < 4.78 is 5.14. The van der Waals surface area contributed by atoms with Gasteiger partial charge in [-0.2, -0.15) is 20.5 Å². The fraction of sp³-hybridized carbons (Fsp3) is 0.100. The molecule has 0 aliphatic rings. The van der Waals surface area contributed by atoms with Crippen LogP contribution < -0.4 is 4.74 Å². The summed E-state index contributed by atoms with van der Waals surface area (Å²) in [5, 5.41) is 17.2. The Hall–Kier alpha value is -3.34. The molecular weight excluding hydrogens is 312 g/mol. The van der Waals surface area contributed by atoms with Crippen LogP contribution in [0, 0.1) is 6.92 Å². The SMILES string of the molecule is COc1ccc(N=Nc2cccc(N=Nc3ccccc3)c2C)cc1. The first-order valence-corrected chi connectivity index (χ1v) is 7.88. The molecule has 0 saturated carbocycles. The van der Waals surface area contributed by atoms with Gasteiger partial charge >= 0.3 is 0 Å². The van der Waals surface area contributed by atoms with E-state index >= 15 is 0 Å². The van der Waals surface area contributed by atoms with Crippen molar-refractivity contribution in [2.45, 2.75) is 6.92 Å². The van der Waals surface area contributed by atoms with E-state index in [9.17, 15) is 0 Å². The molecule has 0 bridgehead atoms. The summed E-state index contributed by atoms with van der Waals surface area (Å²) in [6, 6.07) is 22.8. The van der Waals surface area contributed by atoms with E-state index in [1.165, 1.54) is 0 Å². The van der Waals surface area contributed by atoms with Crippen LogP contribution in [0.15, 0.2) is 93.3 Å². The molecule has 124 valence electrons. The molecule has 3 rings (SSSR count). The number of benzene rings is 3. The molecule has 5 nitrogen and oxygen atoms in total. The van der Waals surface area contributed by atoms with Crippen molar-refractivity contribution >= 4 is 22.7 Å². The van der Waals surface area contributed by atoms with Crippen LogP contribution in [0.5, 0.6) is 5.75 Å². The van der Waals surface area contributed by atoms with Crippen LogP contribution >= 0.6 is 0 Å². The first-order chi connectivity index (χ1) is 12.3. The number of nitrogens with zero attached hydrogens (tertiary/aromatic N) is 4. The molecule has 0 saturated heterocycles. The molecule has 0 N–H and O–H groups in total. The predicted octanol–water partition coefficient (Wildman–Crippen LogP) is 6.83. The van der Waals surface area contributed by atoms with Gasteiger partial charge < -0.3 is 4.74 Å². The molecule has 0 aliphatic carbocycles. The summed E-state index contributed by atoms with van der Waals surface area (Å²) >= 11 is 0. The zero-order chi connectivity index (χ0) is 17.5. The highest BCUT2D eigenvalue weighted by molar-refractivity contribution is 5.59. The highest BCUT2D eigenvalue weighted by Gasteiger charge is 2.03. The lowest BCUT2D eigenvalue weighted by molar-refractivity contribution is 0.415. The summed E-state index contributed by atoms with van der Waals surface area (Å²) in [5.41, 5.74) is 4.04. The quantitative estimate of drug-likeness (QED) is 0.473. The topological polar surface area (TPSA) is 58.7 Å². The molecule has 3 aromatic rings. The molecule has 0 spiro atoms. The van der Waals surface area contributed by atoms with Crippen molar-refractivity contribution in [3.05, 3.63) is 78.4 Å². The van der Waals surface area contributed by atoms with Crippen molar-refractivity contribution in [2.24, 2.45) is 20.5 Å². The highest BCUT2D eigenvalue weighted by Crippen LogP contribution is 2.30. The highest BCUT2D eigenvalue weighted by atomic mass is 16.5. The maximum Gasteiger partial charge on any atom is 0.119 e. The molecule has 0 unspecified atom stereocenters. The minimum absolute atomic E-state index is 0.761. The van der Waals surface area contributed by atoms with E-state index in [1.54, 1.807) is 7.11 Å². The first-order valence-electron chi connectivity index (χ1n) is 7.88. The van der Waals surface area contributed by atoms with Crippen LogP contribution in [0.1, 0.15) is 5.56 Å². The summed E-state index contributed by atoms with van der Waals surface area (Å²) in [7, 11) is 1.63. The van der Waals surface area contributed by atoms with Crippen LogP contribution in [-0.4, -0.2) is 7.11 Å². The number of hydrogen-bond donors (Lipinski definition) is 0. The smallest absolute Gasteiger partial charge is 0.119 e. The fourth-order valence-electron chi connectivity index (χ4n) is 2.20. The number of azo groups is 2. The van der Waals surface area contributed by atoms with Crippen molar-refractivity contribution in [2.75, 3.05) is 7.11 Å². The molecule has 0 radical (unpaired) electrons. The second kappa shape index (κ2) is 7.97. The first kappa shape index (κ1) is 16.5. The van der Waals surface area contributed by atoms with Gasteiger partial charge in [0.25, 0.3) is 0 Å². The Labute approximate surface area is 146 Å². The Morgan fingerprint density at radius 2 is 1.16 bits per heavy atom. The van der Waals surface area contributed by atoms with Crippen LogP contribution in [0.4, 0.5) is 22.7 Å². The van der Waals surface area contributed by atoms with Gasteiger partial charge in [0, 0.05) is 5.56 Å². The third-order valence-corrected chi connectivity index (χ3v) is 3.65. The number of methoxy groups -OCH3 is 1. The average molecular weight is 330 g/mol. The largest absolute Gasteiger partial charge is 0.497 e. The molecule has 0 fully saturated rings. The van der Waals surface area contributed by atoms with Gasteiger partial charge in [0.1, 0.15) is 5.75 Å². The Kier molecular flexibility index (Phi) is 5.26. The van der Waals surface area contributed by atoms with Gasteiger partial charge in [0.05, 0.1) is 29.9 Å². The standard InChI is InChI=1S/C20H18N4O/c1-15-19(23-21-16-7-4-3-5-8-16)9-6-10-20(15)24-22-17-11-13-18(25-2)14-12-17/h3-14H,1-2H3. The van der Waals surface area contributed by atoms with E-state index < -0.39 is 0 Å². The zero-order valence-corrected chi connectivity index (χ0v) is 14.1. The van der Waals surface area contributed by atoms with Crippen LogP contribution in [0.2, 0.25) is 0 Å². The Morgan fingerprint density at radius 1 is 0.600 bits per heavy atom. The lowest BCUT2D eigenvalue weighted by atomic mass is 10.2. The molecule has 0 heterocycles. The van der Waals surface area contributed by atoms with E-state index in [4.69, 9.17) is 4.74 Å². The van der Waals surface area contributed by atoms with Crippen molar-refractivity contribution in [3.8, 4) is 5.75 Å². The van der Waals surface area contributed by atoms with Gasteiger partial charge in [-0.05, 0) is 55.5 Å². The molecular formula is C20H18N4O. The Morgan fingerprint density at radius 3 is 1.72 bits per heavy atom. The van der Waals surface area contributed by atoms with Gasteiger partial charge in [0.15, 0.2) is 0 Å². The van der Waals surface area contributed by atoms with Gasteiger partial charge in [-0.1, -0.05) is 24.3 Å². The van der Waals surface area contributed by atoms with Gasteiger partial charge in [-0.25, -0.2) is 0 Å². The van der Waals surface area contributed by atoms with E-state index in [0.717, 1.165) is 34.1 Å². The minimum atomic E-state index is 0.761. The number of ether oxygens (including phenoxy) is 1. The predicted molar refractivity (Wildman–Crippen MR) is 99.0 cm³/mol. The lowest BCUT2D eigenvalue weighted by Gasteiger charge is -2.02. The molecule has 3 aromatic carbocycles. The summed E-state index contributed by atoms with van der Waals surface area (Å²) in [6.07, 6.45) is 0. The fourth-order valence-corrected chi connectivity index (χ4v) is 2.20. The molecule has 0 aromatic heterocycles. The molecule has 0 aliphatic heterocycles. The third-order valence-electron chi connectivity index (χ3n) is 3.65. The van der Waals surface area contributed by atoms with Crippen molar-refractivity contribution in [3.63, 3.8) is 0 Å². The van der Waals surface area contributed by atoms with E-state index in [-0.39, 0.29) is 0 Å². The van der Waals surface area contributed by atoms with Crippen LogP contribution in [-0.2, 0) is 0 Å². The summed E-state index contributed by atoms with van der Waals surface area (Å²) in [5.74, 6) is 0.790. The summed E-state index contributed by atoms with van der Waals surface area (Å²) in [4.78, 5) is 0. The number of hydrogen-bond acceptors (Lipinski definition) is 5. The van der Waals surface area contributed by atoms with Gasteiger partial charge in [0.2, 0.25) is 0 Å². The molecule has 0 atom stereocenters. The van der Waals surface area contributed by atoms with Crippen molar-refractivity contribution in [1.82, 2.24) is 0 Å². The van der Waals surface area contributed by atoms with Gasteiger partial charge in [-0.3, -0.25) is 0 Å². The maximum absolute atomic E-state index is 5.14. The van der Waals surface area contributed by atoms with E-state index in [2.05, 4.69) is 20.5 Å². The van der Waals surface area contributed by atoms with E-state index in [1.807, 2.05) is 79.7 Å². The zero-order valence-electron chi connectivity index (χ0n) is 14.1. The Balaban J connectivity index is 1.80. The molecule has 5 heteroatoms. The normalized spacial score (nSPS) is 11.3. The van der Waals surface area contributed by atoms with Crippen LogP contribution in [0.25, 0.3) is 0 Å². The van der Waals surface area contributed by atoms with E-state index in [0.29, 0.717) is 0 Å².